The largest absolute Gasteiger partial charge is 0.310 e. The van der Waals surface area contributed by atoms with Crippen LogP contribution in [0.25, 0.3) is 33.1 Å². The predicted molar refractivity (Wildman–Crippen MR) is 159 cm³/mol. The molecule has 1 aromatic heterocycles. The van der Waals surface area contributed by atoms with Crippen LogP contribution >= 0.6 is 0 Å². The van der Waals surface area contributed by atoms with Crippen molar-refractivity contribution in [3.8, 4) is 5.69 Å². The molecular formula is C35H28N2. The molecule has 0 saturated heterocycles. The Balaban J connectivity index is 1.55. The zero-order valence-corrected chi connectivity index (χ0v) is 20.9. The molecule has 0 aliphatic carbocycles. The second-order valence-electron chi connectivity index (χ2n) is 9.06. The van der Waals surface area contributed by atoms with E-state index in [9.17, 15) is 0 Å². The quantitative estimate of drug-likeness (QED) is 0.217. The minimum absolute atomic E-state index is 1.11. The standard InChI is InChI=1S/C35H28N2/c1-3-26(4-2)27-19-21-30(22-20-27)36(28-13-7-5-8-14-28)31-23-24-35-33(25-31)32-17-11-12-18-34(32)37(35)29-15-9-6-10-16-29/h3-25H,1H2,2H3. The number of nitrogens with zero attached hydrogens (tertiary/aromatic N) is 2. The van der Waals surface area contributed by atoms with Crippen LogP contribution in [0.3, 0.4) is 0 Å². The summed E-state index contributed by atoms with van der Waals surface area (Å²) < 4.78 is 2.35. The summed E-state index contributed by atoms with van der Waals surface area (Å²) >= 11 is 0. The van der Waals surface area contributed by atoms with Gasteiger partial charge in [-0.15, -0.1) is 0 Å². The van der Waals surface area contributed by atoms with Crippen molar-refractivity contribution in [1.82, 2.24) is 4.57 Å². The van der Waals surface area contributed by atoms with Crippen molar-refractivity contribution >= 4 is 44.4 Å². The number of para-hydroxylation sites is 3. The molecular weight excluding hydrogens is 448 g/mol. The lowest BCUT2D eigenvalue weighted by Gasteiger charge is -2.26. The van der Waals surface area contributed by atoms with Crippen molar-refractivity contribution in [2.45, 2.75) is 6.92 Å². The first-order valence-corrected chi connectivity index (χ1v) is 12.6. The van der Waals surface area contributed by atoms with Gasteiger partial charge in [-0.05, 0) is 78.7 Å². The molecule has 2 nitrogen and oxygen atoms in total. The maximum Gasteiger partial charge on any atom is 0.0542 e. The molecule has 0 radical (unpaired) electrons. The second-order valence-corrected chi connectivity index (χ2v) is 9.06. The van der Waals surface area contributed by atoms with E-state index in [0.29, 0.717) is 0 Å². The Bertz CT molecular complexity index is 1720. The number of hydrogen-bond donors (Lipinski definition) is 0. The zero-order valence-electron chi connectivity index (χ0n) is 20.9. The molecule has 2 heteroatoms. The number of hydrogen-bond acceptors (Lipinski definition) is 1. The molecule has 178 valence electrons. The van der Waals surface area contributed by atoms with E-state index in [4.69, 9.17) is 0 Å². The highest BCUT2D eigenvalue weighted by atomic mass is 15.1. The van der Waals surface area contributed by atoms with Gasteiger partial charge in [-0.1, -0.05) is 85.5 Å². The monoisotopic (exact) mass is 476 g/mol. The molecule has 0 unspecified atom stereocenters. The predicted octanol–water partition coefficient (Wildman–Crippen LogP) is 9.84. The highest BCUT2D eigenvalue weighted by Crippen LogP contribution is 2.39. The third-order valence-corrected chi connectivity index (χ3v) is 6.93. The zero-order chi connectivity index (χ0) is 25.2. The molecule has 6 aromatic rings. The molecule has 6 rings (SSSR count). The average molecular weight is 477 g/mol. The van der Waals surface area contributed by atoms with E-state index < -0.39 is 0 Å². The molecule has 0 aliphatic heterocycles. The Morgan fingerprint density at radius 2 is 1.22 bits per heavy atom. The molecule has 5 aromatic carbocycles. The highest BCUT2D eigenvalue weighted by Gasteiger charge is 2.17. The molecule has 0 fully saturated rings. The molecule has 37 heavy (non-hydrogen) atoms. The Morgan fingerprint density at radius 3 is 1.92 bits per heavy atom. The van der Waals surface area contributed by atoms with Gasteiger partial charge in [-0.25, -0.2) is 0 Å². The Morgan fingerprint density at radius 1 is 0.622 bits per heavy atom. The Hall–Kier alpha value is -4.82. The fourth-order valence-corrected chi connectivity index (χ4v) is 5.18. The minimum atomic E-state index is 1.11. The summed E-state index contributed by atoms with van der Waals surface area (Å²) in [6, 6.07) is 45.3. The molecule has 0 amide bonds. The van der Waals surface area contributed by atoms with Gasteiger partial charge < -0.3 is 9.47 Å². The fraction of sp³-hybridized carbons (Fsp3) is 0.0286. The van der Waals surface area contributed by atoms with Gasteiger partial charge in [0.25, 0.3) is 0 Å². The van der Waals surface area contributed by atoms with Crippen molar-refractivity contribution in [3.63, 3.8) is 0 Å². The van der Waals surface area contributed by atoms with Crippen molar-refractivity contribution in [1.29, 1.82) is 0 Å². The van der Waals surface area contributed by atoms with Crippen LogP contribution in [0.5, 0.6) is 0 Å². The van der Waals surface area contributed by atoms with Gasteiger partial charge in [0.05, 0.1) is 11.0 Å². The van der Waals surface area contributed by atoms with Crippen LogP contribution in [0.2, 0.25) is 0 Å². The third kappa shape index (κ3) is 4.03. The number of allylic oxidation sites excluding steroid dienone is 3. The number of rotatable bonds is 6. The molecule has 0 atom stereocenters. The Labute approximate surface area is 218 Å². The molecule has 1 heterocycles. The first-order chi connectivity index (χ1) is 18.3. The molecule has 0 N–H and O–H groups in total. The van der Waals surface area contributed by atoms with Crippen LogP contribution in [0.4, 0.5) is 17.1 Å². The lowest BCUT2D eigenvalue weighted by molar-refractivity contribution is 1.18. The first-order valence-electron chi connectivity index (χ1n) is 12.6. The van der Waals surface area contributed by atoms with Crippen LogP contribution in [0, 0.1) is 0 Å². The summed E-state index contributed by atoms with van der Waals surface area (Å²) in [6.07, 6.45) is 3.99. The van der Waals surface area contributed by atoms with E-state index in [1.807, 2.05) is 13.0 Å². The van der Waals surface area contributed by atoms with Gasteiger partial charge in [0, 0.05) is 33.5 Å². The highest BCUT2D eigenvalue weighted by molar-refractivity contribution is 6.10. The SMILES string of the molecule is C=CC(=CC)c1ccc(N(c2ccccc2)c2ccc3c(c2)c2ccccc2n3-c2ccccc2)cc1. The molecule has 0 bridgehead atoms. The average Bonchev–Trinajstić information content (AvgIpc) is 3.29. The maximum atomic E-state index is 3.96. The van der Waals surface area contributed by atoms with Gasteiger partial charge in [-0.2, -0.15) is 0 Å². The summed E-state index contributed by atoms with van der Waals surface area (Å²) in [5.41, 5.74) is 9.22. The smallest absolute Gasteiger partial charge is 0.0542 e. The number of aromatic nitrogens is 1. The fourth-order valence-electron chi connectivity index (χ4n) is 5.18. The van der Waals surface area contributed by atoms with E-state index in [2.05, 4.69) is 150 Å². The summed E-state index contributed by atoms with van der Waals surface area (Å²) in [5, 5.41) is 2.48. The molecule has 0 spiro atoms. The molecule has 0 saturated carbocycles. The summed E-state index contributed by atoms with van der Waals surface area (Å²) in [6.45, 7) is 6.00. The van der Waals surface area contributed by atoms with Crippen LogP contribution in [0.1, 0.15) is 12.5 Å². The van der Waals surface area contributed by atoms with E-state index in [-0.39, 0.29) is 0 Å². The third-order valence-electron chi connectivity index (χ3n) is 6.93. The van der Waals surface area contributed by atoms with E-state index in [1.165, 1.54) is 27.5 Å². The van der Waals surface area contributed by atoms with Crippen LogP contribution in [0.15, 0.2) is 146 Å². The Kier molecular flexibility index (Phi) is 5.92. The number of benzene rings is 5. The summed E-state index contributed by atoms with van der Waals surface area (Å²) in [4.78, 5) is 2.32. The molecule has 0 aliphatic rings. The van der Waals surface area contributed by atoms with E-state index in [1.54, 1.807) is 0 Å². The van der Waals surface area contributed by atoms with Gasteiger partial charge in [0.1, 0.15) is 0 Å². The summed E-state index contributed by atoms with van der Waals surface area (Å²) in [7, 11) is 0. The van der Waals surface area contributed by atoms with Crippen LogP contribution in [-0.4, -0.2) is 4.57 Å². The van der Waals surface area contributed by atoms with Crippen molar-refractivity contribution in [2.75, 3.05) is 4.90 Å². The van der Waals surface area contributed by atoms with Gasteiger partial charge in [-0.3, -0.25) is 0 Å². The normalized spacial score (nSPS) is 11.6. The maximum absolute atomic E-state index is 3.96. The van der Waals surface area contributed by atoms with Gasteiger partial charge >= 0.3 is 0 Å². The van der Waals surface area contributed by atoms with E-state index in [0.717, 1.165) is 28.2 Å². The van der Waals surface area contributed by atoms with Crippen LogP contribution in [-0.2, 0) is 0 Å². The van der Waals surface area contributed by atoms with Crippen molar-refractivity contribution in [2.24, 2.45) is 0 Å². The first kappa shape index (κ1) is 22.6. The topological polar surface area (TPSA) is 8.17 Å². The lowest BCUT2D eigenvalue weighted by Crippen LogP contribution is -2.09. The van der Waals surface area contributed by atoms with Gasteiger partial charge in [0.2, 0.25) is 0 Å². The van der Waals surface area contributed by atoms with Crippen LogP contribution < -0.4 is 4.90 Å². The van der Waals surface area contributed by atoms with E-state index >= 15 is 0 Å². The van der Waals surface area contributed by atoms with Gasteiger partial charge in [0.15, 0.2) is 0 Å². The lowest BCUT2D eigenvalue weighted by atomic mass is 10.0. The second kappa shape index (κ2) is 9.67. The summed E-state index contributed by atoms with van der Waals surface area (Å²) in [5.74, 6) is 0. The number of anilines is 3. The van der Waals surface area contributed by atoms with Crippen molar-refractivity contribution < 1.29 is 0 Å². The van der Waals surface area contributed by atoms with Crippen molar-refractivity contribution in [3.05, 3.63) is 152 Å². The minimum Gasteiger partial charge on any atom is -0.310 e. The number of fused-ring (bicyclic) bond motifs is 3.